The van der Waals surface area contributed by atoms with Crippen LogP contribution in [-0.2, 0) is 10.9 Å². The quantitative estimate of drug-likeness (QED) is 0.749. The first-order valence-corrected chi connectivity index (χ1v) is 6.46. The van der Waals surface area contributed by atoms with Crippen LogP contribution in [0.2, 0.25) is 0 Å². The third kappa shape index (κ3) is 2.94. The number of alkyl halides is 3. The van der Waals surface area contributed by atoms with E-state index in [4.69, 9.17) is 4.52 Å². The second kappa shape index (κ2) is 5.51. The molecule has 0 amide bonds. The Hall–Kier alpha value is -1.83. The lowest BCUT2D eigenvalue weighted by atomic mass is 10.0. The summed E-state index contributed by atoms with van der Waals surface area (Å²) in [6.45, 7) is 1.48. The minimum Gasteiger partial charge on any atom is -0.465 e. The lowest BCUT2D eigenvalue weighted by Crippen LogP contribution is -2.06. The Bertz CT molecular complexity index is 694. The number of carbonyl (C=O) groups is 1. The molecule has 0 unspecified atom stereocenters. The SMILES string of the molecule is COC(=O)c1c(-c2cc(C(F)(F)F)ccc2Br)noc1C. The number of aryl methyl sites for hydroxylation is 1. The maximum atomic E-state index is 12.8. The maximum Gasteiger partial charge on any atom is 0.416 e. The summed E-state index contributed by atoms with van der Waals surface area (Å²) in [5.74, 6) is -0.561. The summed E-state index contributed by atoms with van der Waals surface area (Å²) in [5, 5.41) is 3.67. The molecule has 4 nitrogen and oxygen atoms in total. The monoisotopic (exact) mass is 363 g/mol. The summed E-state index contributed by atoms with van der Waals surface area (Å²) in [6, 6.07) is 3.06. The van der Waals surface area contributed by atoms with Crippen LogP contribution in [-0.4, -0.2) is 18.2 Å². The van der Waals surface area contributed by atoms with Gasteiger partial charge < -0.3 is 9.26 Å². The van der Waals surface area contributed by atoms with Gasteiger partial charge in [0, 0.05) is 10.0 Å². The number of hydrogen-bond donors (Lipinski definition) is 0. The number of carbonyl (C=O) groups excluding carboxylic acids is 1. The normalized spacial score (nSPS) is 11.5. The molecule has 0 N–H and O–H groups in total. The first kappa shape index (κ1) is 15.6. The van der Waals surface area contributed by atoms with Gasteiger partial charge in [-0.05, 0) is 25.1 Å². The molecular formula is C13H9BrF3NO3. The zero-order valence-electron chi connectivity index (χ0n) is 10.9. The van der Waals surface area contributed by atoms with Crippen LogP contribution >= 0.6 is 15.9 Å². The van der Waals surface area contributed by atoms with Crippen LogP contribution in [0.25, 0.3) is 11.3 Å². The molecule has 0 saturated heterocycles. The van der Waals surface area contributed by atoms with Crippen molar-refractivity contribution in [3.63, 3.8) is 0 Å². The van der Waals surface area contributed by atoms with Crippen molar-refractivity contribution in [2.75, 3.05) is 7.11 Å². The molecule has 0 radical (unpaired) electrons. The average molecular weight is 364 g/mol. The second-order valence-corrected chi connectivity index (χ2v) is 5.00. The van der Waals surface area contributed by atoms with Crippen molar-refractivity contribution < 1.29 is 27.2 Å². The Morgan fingerprint density at radius 3 is 2.62 bits per heavy atom. The van der Waals surface area contributed by atoms with Crippen LogP contribution < -0.4 is 0 Å². The van der Waals surface area contributed by atoms with Crippen molar-refractivity contribution in [1.29, 1.82) is 0 Å². The van der Waals surface area contributed by atoms with Gasteiger partial charge in [-0.1, -0.05) is 21.1 Å². The van der Waals surface area contributed by atoms with Gasteiger partial charge in [-0.3, -0.25) is 0 Å². The summed E-state index contributed by atoms with van der Waals surface area (Å²) >= 11 is 3.15. The number of esters is 1. The highest BCUT2D eigenvalue weighted by Crippen LogP contribution is 2.37. The fourth-order valence-electron chi connectivity index (χ4n) is 1.78. The van der Waals surface area contributed by atoms with E-state index in [2.05, 4.69) is 25.8 Å². The van der Waals surface area contributed by atoms with E-state index in [1.807, 2.05) is 0 Å². The molecule has 0 aliphatic heterocycles. The number of benzene rings is 1. The summed E-state index contributed by atoms with van der Waals surface area (Å²) < 4.78 is 48.2. The molecule has 0 aliphatic rings. The van der Waals surface area contributed by atoms with Gasteiger partial charge in [0.05, 0.1) is 12.7 Å². The highest BCUT2D eigenvalue weighted by molar-refractivity contribution is 9.10. The Balaban J connectivity index is 2.65. The first-order valence-electron chi connectivity index (χ1n) is 5.67. The van der Waals surface area contributed by atoms with Crippen molar-refractivity contribution in [3.05, 3.63) is 39.6 Å². The highest BCUT2D eigenvalue weighted by Gasteiger charge is 2.32. The minimum absolute atomic E-state index is 0.00229. The smallest absolute Gasteiger partial charge is 0.416 e. The van der Waals surface area contributed by atoms with Crippen LogP contribution in [0.3, 0.4) is 0 Å². The van der Waals surface area contributed by atoms with Gasteiger partial charge in [0.1, 0.15) is 17.0 Å². The van der Waals surface area contributed by atoms with E-state index >= 15 is 0 Å². The largest absolute Gasteiger partial charge is 0.465 e. The van der Waals surface area contributed by atoms with Crippen LogP contribution in [0.4, 0.5) is 13.2 Å². The number of aromatic nitrogens is 1. The van der Waals surface area contributed by atoms with E-state index in [1.165, 1.54) is 20.1 Å². The first-order chi connectivity index (χ1) is 9.75. The molecule has 0 spiro atoms. The Kier molecular flexibility index (Phi) is 4.08. The maximum absolute atomic E-state index is 12.8. The van der Waals surface area contributed by atoms with E-state index in [0.717, 1.165) is 12.1 Å². The predicted molar refractivity (Wildman–Crippen MR) is 70.7 cm³/mol. The molecule has 2 aromatic rings. The third-order valence-electron chi connectivity index (χ3n) is 2.80. The summed E-state index contributed by atoms with van der Waals surface area (Å²) in [7, 11) is 1.17. The number of methoxy groups -OCH3 is 1. The van der Waals surface area contributed by atoms with Crippen molar-refractivity contribution in [2.45, 2.75) is 13.1 Å². The molecule has 21 heavy (non-hydrogen) atoms. The molecule has 2 rings (SSSR count). The number of hydrogen-bond acceptors (Lipinski definition) is 4. The Morgan fingerprint density at radius 1 is 1.38 bits per heavy atom. The van der Waals surface area contributed by atoms with Gasteiger partial charge >= 0.3 is 12.1 Å². The number of ether oxygens (including phenoxy) is 1. The molecule has 0 bridgehead atoms. The Morgan fingerprint density at radius 2 is 2.05 bits per heavy atom. The standard InChI is InChI=1S/C13H9BrF3NO3/c1-6-10(12(19)20-2)11(18-21-6)8-5-7(13(15,16)17)3-4-9(8)14/h3-5H,1-2H3. The predicted octanol–water partition coefficient (Wildman–Crippen LogP) is 4.22. The van der Waals surface area contributed by atoms with Gasteiger partial charge in [-0.15, -0.1) is 0 Å². The summed E-state index contributed by atoms with van der Waals surface area (Å²) in [4.78, 5) is 11.7. The highest BCUT2D eigenvalue weighted by atomic mass is 79.9. The zero-order chi connectivity index (χ0) is 15.8. The molecule has 112 valence electrons. The third-order valence-corrected chi connectivity index (χ3v) is 3.49. The molecule has 1 aromatic carbocycles. The van der Waals surface area contributed by atoms with Crippen molar-refractivity contribution in [3.8, 4) is 11.3 Å². The molecule has 0 atom stereocenters. The van der Waals surface area contributed by atoms with E-state index in [-0.39, 0.29) is 22.6 Å². The van der Waals surface area contributed by atoms with Gasteiger partial charge in [0.2, 0.25) is 0 Å². The summed E-state index contributed by atoms with van der Waals surface area (Å²) in [5.41, 5.74) is -0.755. The molecule has 0 saturated carbocycles. The van der Waals surface area contributed by atoms with E-state index in [0.29, 0.717) is 4.47 Å². The van der Waals surface area contributed by atoms with Crippen molar-refractivity contribution in [1.82, 2.24) is 5.16 Å². The molecule has 0 fully saturated rings. The summed E-state index contributed by atoms with van der Waals surface area (Å²) in [6.07, 6.45) is -4.50. The lowest BCUT2D eigenvalue weighted by molar-refractivity contribution is -0.137. The molecule has 1 heterocycles. The fraction of sp³-hybridized carbons (Fsp3) is 0.231. The van der Waals surface area contributed by atoms with Gasteiger partial charge in [-0.2, -0.15) is 13.2 Å². The van der Waals surface area contributed by atoms with Gasteiger partial charge in [0.25, 0.3) is 0 Å². The van der Waals surface area contributed by atoms with Gasteiger partial charge in [-0.25, -0.2) is 4.79 Å². The van der Waals surface area contributed by atoms with Crippen LogP contribution in [0.5, 0.6) is 0 Å². The van der Waals surface area contributed by atoms with Crippen LogP contribution in [0.1, 0.15) is 21.7 Å². The zero-order valence-corrected chi connectivity index (χ0v) is 12.5. The Labute approximate surface area is 126 Å². The van der Waals surface area contributed by atoms with Crippen molar-refractivity contribution >= 4 is 21.9 Å². The van der Waals surface area contributed by atoms with E-state index < -0.39 is 17.7 Å². The molecule has 0 aliphatic carbocycles. The number of rotatable bonds is 2. The topological polar surface area (TPSA) is 52.3 Å². The number of halogens is 4. The lowest BCUT2D eigenvalue weighted by Gasteiger charge is -2.09. The van der Waals surface area contributed by atoms with Crippen LogP contribution in [0.15, 0.2) is 27.2 Å². The van der Waals surface area contributed by atoms with Gasteiger partial charge in [0.15, 0.2) is 0 Å². The van der Waals surface area contributed by atoms with E-state index in [9.17, 15) is 18.0 Å². The molecular weight excluding hydrogens is 355 g/mol. The second-order valence-electron chi connectivity index (χ2n) is 4.15. The number of nitrogens with zero attached hydrogens (tertiary/aromatic N) is 1. The fourth-order valence-corrected chi connectivity index (χ4v) is 2.22. The van der Waals surface area contributed by atoms with Crippen molar-refractivity contribution in [2.24, 2.45) is 0 Å². The minimum atomic E-state index is -4.50. The average Bonchev–Trinajstić information content (AvgIpc) is 2.79. The van der Waals surface area contributed by atoms with E-state index in [1.54, 1.807) is 0 Å². The molecule has 1 aromatic heterocycles. The molecule has 8 heteroatoms. The van der Waals surface area contributed by atoms with Crippen LogP contribution in [0, 0.1) is 6.92 Å².